The molecule has 0 unspecified atom stereocenters. The first-order valence-corrected chi connectivity index (χ1v) is 36.1. The van der Waals surface area contributed by atoms with Crippen molar-refractivity contribution in [2.75, 3.05) is 81.7 Å². The van der Waals surface area contributed by atoms with Crippen LogP contribution in [0.2, 0.25) is 0 Å². The summed E-state index contributed by atoms with van der Waals surface area (Å²) in [6.07, 6.45) is 0.928. The molecule has 11 amide bonds. The van der Waals surface area contributed by atoms with E-state index >= 15 is 28.8 Å². The Morgan fingerprint density at radius 2 is 0.990 bits per heavy atom. The third-order valence-corrected chi connectivity index (χ3v) is 19.4. The number of benzene rings is 1. The number of amides is 11. The molecule has 3 rings (SSSR count). The van der Waals surface area contributed by atoms with Gasteiger partial charge in [0.15, 0.2) is 0 Å². The van der Waals surface area contributed by atoms with Gasteiger partial charge in [-0.1, -0.05) is 113 Å². The first-order chi connectivity index (χ1) is 46.3. The fourth-order valence-electron chi connectivity index (χ4n) is 13.0. The number of unbranched alkanes of at least 4 members (excludes halogenated alkanes) is 1. The highest BCUT2D eigenvalue weighted by Crippen LogP contribution is 2.25. The number of morpholine rings is 1. The van der Waals surface area contributed by atoms with Crippen LogP contribution in [0.1, 0.15) is 168 Å². The number of aliphatic hydroxyl groups is 1. The molecule has 0 saturated carbocycles. The largest absolute Gasteiger partial charge is 0.390 e. The Balaban J connectivity index is 2.30. The van der Waals surface area contributed by atoms with Crippen LogP contribution in [0.25, 0.3) is 0 Å². The van der Waals surface area contributed by atoms with Crippen LogP contribution < -0.4 is 26.6 Å². The van der Waals surface area contributed by atoms with Crippen LogP contribution in [0.3, 0.4) is 0 Å². The Morgan fingerprint density at radius 1 is 0.495 bits per heavy atom. The minimum atomic E-state index is -1.69. The van der Waals surface area contributed by atoms with Crippen LogP contribution in [0.5, 0.6) is 0 Å². The summed E-state index contributed by atoms with van der Waals surface area (Å²) >= 11 is 0. The number of nitrogens with zero attached hydrogens (tertiary/aromatic N) is 7. The van der Waals surface area contributed by atoms with E-state index in [1.54, 1.807) is 48.5 Å². The van der Waals surface area contributed by atoms with E-state index in [-0.39, 0.29) is 50.0 Å². The van der Waals surface area contributed by atoms with Crippen LogP contribution in [-0.2, 0) is 68.6 Å². The lowest BCUT2D eigenvalue weighted by molar-refractivity contribution is -0.154. The Labute approximate surface area is 591 Å². The molecule has 26 nitrogen and oxygen atoms in total. The van der Waals surface area contributed by atoms with Gasteiger partial charge in [0.2, 0.25) is 65.0 Å². The first-order valence-electron chi connectivity index (χ1n) is 36.1. The van der Waals surface area contributed by atoms with Crippen LogP contribution in [0.15, 0.2) is 30.3 Å². The van der Waals surface area contributed by atoms with Crippen molar-refractivity contribution in [1.82, 2.24) is 60.9 Å². The van der Waals surface area contributed by atoms with Crippen LogP contribution >= 0.6 is 0 Å². The average Bonchev–Trinajstić information content (AvgIpc) is 0.825. The molecule has 2 fully saturated rings. The highest BCUT2D eigenvalue weighted by Gasteiger charge is 2.45. The molecule has 1 aromatic rings. The Bertz CT molecular complexity index is 2800. The number of carbonyl (C=O) groups excluding carboxylic acids is 11. The van der Waals surface area contributed by atoms with Crippen molar-refractivity contribution in [1.29, 1.82) is 0 Å². The van der Waals surface area contributed by atoms with Crippen molar-refractivity contribution in [2.24, 2.45) is 35.5 Å². The third kappa shape index (κ3) is 25.4. The standard InChI is InChI=1S/C73H126N12O14/c1-23-54-70(94)79(17)51(15)69(93)84(22)61(52(16)99-37-28-27-34-85-35-38-98-39-36-85)67(91)77-58(46(8)9)73(97)80(18)55(40-43(2)3)64(88)74-49(13)63(87)75-50(14)68(92)81(19)56(41-44(4)5)71(95)82(20)57(42-45(6)7)72(96)83(21)60(47(10)11)66(90)78-59(65(89)76-54)62(86)48(12)30-29-33-53-31-25-24-26-32-53/h24-26,31-32,43-52,54-62,86H,23,27-30,33-42H2,1-22H3,(H,74,88)(H,75,87)(H,76,89)(H,77,91)(H,78,90)/t48-,49+,50-,51-,52-,54+,55+,56+,57+,58+,59+,60+,61+,62-/m1/s1. The molecule has 2 heterocycles. The van der Waals surface area contributed by atoms with Gasteiger partial charge in [-0.2, -0.15) is 0 Å². The van der Waals surface area contributed by atoms with Crippen molar-refractivity contribution in [3.05, 3.63) is 35.9 Å². The Kier molecular flexibility index (Phi) is 36.0. The molecule has 0 spiro atoms. The maximum atomic E-state index is 15.2. The van der Waals surface area contributed by atoms with Gasteiger partial charge in [-0.25, -0.2) is 0 Å². The minimum Gasteiger partial charge on any atom is -0.390 e. The zero-order valence-electron chi connectivity index (χ0n) is 63.8. The number of rotatable bonds is 22. The highest BCUT2D eigenvalue weighted by molar-refractivity contribution is 6.00. The first kappa shape index (κ1) is 86.5. The van der Waals surface area contributed by atoms with E-state index in [4.69, 9.17) is 9.47 Å². The van der Waals surface area contributed by atoms with Crippen LogP contribution in [0, 0.1) is 35.5 Å². The van der Waals surface area contributed by atoms with E-state index in [1.165, 1.54) is 87.6 Å². The summed E-state index contributed by atoms with van der Waals surface area (Å²) in [5, 5.41) is 26.2. The Hall–Kier alpha value is -6.77. The van der Waals surface area contributed by atoms with Crippen molar-refractivity contribution < 1.29 is 67.3 Å². The predicted molar refractivity (Wildman–Crippen MR) is 381 cm³/mol. The van der Waals surface area contributed by atoms with E-state index in [0.717, 1.165) is 36.5 Å². The molecule has 2 aliphatic rings. The number of hydrogen-bond donors (Lipinski definition) is 6. The van der Waals surface area contributed by atoms with Crippen molar-refractivity contribution in [2.45, 2.75) is 247 Å². The maximum absolute atomic E-state index is 15.2. The zero-order chi connectivity index (χ0) is 75.0. The maximum Gasteiger partial charge on any atom is 0.246 e. The molecule has 99 heavy (non-hydrogen) atoms. The number of likely N-dealkylation sites (N-methyl/N-ethyl adjacent to an activating group) is 6. The van der Waals surface area contributed by atoms with E-state index in [9.17, 15) is 29.1 Å². The van der Waals surface area contributed by atoms with Crippen molar-refractivity contribution in [3.8, 4) is 0 Å². The molecule has 1 aromatic carbocycles. The van der Waals surface area contributed by atoms with Gasteiger partial charge in [0, 0.05) is 62.0 Å². The summed E-state index contributed by atoms with van der Waals surface area (Å²) in [6, 6.07) is -4.55. The smallest absolute Gasteiger partial charge is 0.246 e. The van der Waals surface area contributed by atoms with Crippen molar-refractivity contribution in [3.63, 3.8) is 0 Å². The quantitative estimate of drug-likeness (QED) is 0.0899. The third-order valence-electron chi connectivity index (χ3n) is 19.4. The monoisotopic (exact) mass is 1390 g/mol. The van der Waals surface area contributed by atoms with Gasteiger partial charge in [-0.3, -0.25) is 57.6 Å². The summed E-state index contributed by atoms with van der Waals surface area (Å²) in [6.45, 7) is 31.4. The molecule has 2 aliphatic heterocycles. The second-order valence-electron chi connectivity index (χ2n) is 29.7. The number of hydrogen-bond acceptors (Lipinski definition) is 15. The summed E-state index contributed by atoms with van der Waals surface area (Å²) in [5.74, 6) is -10.2. The fourth-order valence-corrected chi connectivity index (χ4v) is 13.0. The number of aliphatic hydroxyl groups excluding tert-OH is 1. The molecule has 0 aliphatic carbocycles. The summed E-state index contributed by atoms with van der Waals surface area (Å²) in [7, 11) is 8.55. The average molecular weight is 1400 g/mol. The molecular weight excluding hydrogens is 1270 g/mol. The molecule has 14 atom stereocenters. The predicted octanol–water partition coefficient (Wildman–Crippen LogP) is 3.84. The molecular formula is C73H126N12O14. The van der Waals surface area contributed by atoms with Gasteiger partial charge in [-0.05, 0) is 133 Å². The van der Waals surface area contributed by atoms with Crippen LogP contribution in [0.4, 0.5) is 0 Å². The molecule has 0 bridgehead atoms. The van der Waals surface area contributed by atoms with Gasteiger partial charge in [-0.15, -0.1) is 0 Å². The van der Waals surface area contributed by atoms with Gasteiger partial charge < -0.3 is 70.6 Å². The Morgan fingerprint density at radius 3 is 1.53 bits per heavy atom. The molecule has 0 radical (unpaired) electrons. The SMILES string of the molecule is CC[C@@H]1NC(=O)[C@H]([C@H](O)[C@H](C)CCCc2ccccc2)NC(=O)[C@H](C(C)C)N(C)C(=O)[C@H](CC(C)C)N(C)C(=O)[C@H](CC(C)C)N(C)C(=O)[C@@H](C)NC(=O)[C@H](C)NC(=O)[C@H](CC(C)C)N(C)C(=O)[C@H](C(C)C)NC(=O)[C@H]([C@@H](C)OCCCCN2CCOCC2)N(C)C(=O)[C@@H](C)N(C)C1=O. The molecule has 6 N–H and O–H groups in total. The lowest BCUT2D eigenvalue weighted by Crippen LogP contribution is -2.64. The van der Waals surface area contributed by atoms with Gasteiger partial charge in [0.1, 0.15) is 66.5 Å². The van der Waals surface area contributed by atoms with Gasteiger partial charge in [0.25, 0.3) is 0 Å². The number of aryl methyl sites for hydroxylation is 1. The van der Waals surface area contributed by atoms with Crippen LogP contribution in [-0.4, -0.2) is 265 Å². The number of carbonyl (C=O) groups is 11. The van der Waals surface area contributed by atoms with E-state index in [2.05, 4.69) is 31.5 Å². The van der Waals surface area contributed by atoms with E-state index < -0.39 is 161 Å². The molecule has 26 heteroatoms. The number of ether oxygens (including phenoxy) is 2. The topological polar surface area (TPSA) is 309 Å². The van der Waals surface area contributed by atoms with Gasteiger partial charge >= 0.3 is 0 Å². The normalized spacial score (nSPS) is 26.7. The fraction of sp³-hybridized carbons (Fsp3) is 0.767. The highest BCUT2D eigenvalue weighted by atomic mass is 16.5. The van der Waals surface area contributed by atoms with Gasteiger partial charge in [0.05, 0.1) is 25.4 Å². The number of nitrogens with one attached hydrogen (secondary N) is 5. The molecule has 2 saturated heterocycles. The van der Waals surface area contributed by atoms with E-state index in [0.29, 0.717) is 38.9 Å². The second-order valence-corrected chi connectivity index (χ2v) is 29.7. The summed E-state index contributed by atoms with van der Waals surface area (Å²) < 4.78 is 11.9. The lowest BCUT2D eigenvalue weighted by atomic mass is 9.90. The van der Waals surface area contributed by atoms with Crippen molar-refractivity contribution >= 4 is 65.0 Å². The molecule has 562 valence electrons. The van der Waals surface area contributed by atoms with E-state index in [1.807, 2.05) is 71.9 Å². The molecule has 0 aromatic heterocycles. The summed E-state index contributed by atoms with van der Waals surface area (Å²) in [5.41, 5.74) is 1.07. The summed E-state index contributed by atoms with van der Waals surface area (Å²) in [4.78, 5) is 173. The zero-order valence-corrected chi connectivity index (χ0v) is 63.8. The second kappa shape index (κ2) is 41.2. The lowest BCUT2D eigenvalue weighted by Gasteiger charge is -2.40. The minimum absolute atomic E-state index is 0.0143.